The van der Waals surface area contributed by atoms with Gasteiger partial charge in [0.15, 0.2) is 0 Å². The lowest BCUT2D eigenvalue weighted by molar-refractivity contribution is -0.116. The van der Waals surface area contributed by atoms with Crippen molar-refractivity contribution in [2.75, 3.05) is 5.32 Å². The van der Waals surface area contributed by atoms with E-state index in [1.807, 2.05) is 0 Å². The van der Waals surface area contributed by atoms with Gasteiger partial charge in [0, 0.05) is 12.4 Å². The van der Waals surface area contributed by atoms with Crippen LogP contribution in [0.5, 0.6) is 0 Å². The van der Waals surface area contributed by atoms with E-state index in [2.05, 4.69) is 25.6 Å². The molecule has 82 valence electrons. The van der Waals surface area contributed by atoms with Gasteiger partial charge in [-0.25, -0.2) is 14.6 Å². The molecule has 0 aliphatic heterocycles. The van der Waals surface area contributed by atoms with Crippen LogP contribution in [-0.2, 0) is 11.3 Å². The van der Waals surface area contributed by atoms with Crippen molar-refractivity contribution in [2.24, 2.45) is 0 Å². The van der Waals surface area contributed by atoms with Crippen molar-refractivity contribution < 1.29 is 4.79 Å². The summed E-state index contributed by atoms with van der Waals surface area (Å²) >= 11 is 5.57. The van der Waals surface area contributed by atoms with Gasteiger partial charge < -0.3 is 5.32 Å². The first-order chi connectivity index (χ1) is 7.74. The summed E-state index contributed by atoms with van der Waals surface area (Å²) in [5.41, 5.74) is 0. The molecule has 0 spiro atoms. The Balaban J connectivity index is 1.97. The molecule has 0 atom stereocenters. The van der Waals surface area contributed by atoms with Crippen molar-refractivity contribution in [1.82, 2.24) is 25.0 Å². The largest absolute Gasteiger partial charge is 0.309 e. The second-order valence-electron chi connectivity index (χ2n) is 2.86. The third kappa shape index (κ3) is 2.74. The van der Waals surface area contributed by atoms with Crippen LogP contribution in [0.25, 0.3) is 0 Å². The summed E-state index contributed by atoms with van der Waals surface area (Å²) in [4.78, 5) is 19.0. The minimum Gasteiger partial charge on any atom is -0.309 e. The average Bonchev–Trinajstić information content (AvgIpc) is 2.70. The number of hydrogen-bond acceptors (Lipinski definition) is 5. The Morgan fingerprint density at radius 3 is 3.06 bits per heavy atom. The number of halogens is 1. The second-order valence-corrected chi connectivity index (χ2v) is 3.20. The Morgan fingerprint density at radius 2 is 2.38 bits per heavy atom. The van der Waals surface area contributed by atoms with E-state index in [4.69, 9.17) is 11.6 Å². The molecule has 2 aromatic rings. The topological polar surface area (TPSA) is 85.6 Å². The lowest BCUT2D eigenvalue weighted by atomic mass is 10.5. The number of nitrogens with one attached hydrogen (secondary N) is 1. The number of aromatic nitrogens is 5. The van der Waals surface area contributed by atoms with Gasteiger partial charge in [-0.1, -0.05) is 5.21 Å². The monoisotopic (exact) mass is 238 g/mol. The van der Waals surface area contributed by atoms with E-state index in [1.54, 1.807) is 12.3 Å². The predicted molar refractivity (Wildman–Crippen MR) is 55.7 cm³/mol. The quantitative estimate of drug-likeness (QED) is 0.781. The van der Waals surface area contributed by atoms with Crippen molar-refractivity contribution in [3.05, 3.63) is 29.9 Å². The number of hydrogen-bond donors (Lipinski definition) is 1. The molecular formula is C8H7ClN6O. The first-order valence-corrected chi connectivity index (χ1v) is 4.74. The lowest BCUT2D eigenvalue weighted by Crippen LogP contribution is -2.19. The number of rotatable bonds is 3. The molecule has 0 fully saturated rings. The predicted octanol–water partition coefficient (Wildman–Crippen LogP) is 0.360. The van der Waals surface area contributed by atoms with E-state index in [0.29, 0.717) is 5.82 Å². The van der Waals surface area contributed by atoms with Gasteiger partial charge in [-0.2, -0.15) is 0 Å². The average molecular weight is 239 g/mol. The molecule has 0 aliphatic carbocycles. The van der Waals surface area contributed by atoms with Gasteiger partial charge in [-0.3, -0.25) is 4.79 Å². The summed E-state index contributed by atoms with van der Waals surface area (Å²) in [6.45, 7) is 0.0711. The third-order valence-corrected chi connectivity index (χ3v) is 1.85. The van der Waals surface area contributed by atoms with E-state index >= 15 is 0 Å². The van der Waals surface area contributed by atoms with Crippen molar-refractivity contribution in [1.29, 1.82) is 0 Å². The number of anilines is 1. The highest BCUT2D eigenvalue weighted by Gasteiger charge is 2.05. The first kappa shape index (κ1) is 10.5. The molecule has 0 bridgehead atoms. The summed E-state index contributed by atoms with van der Waals surface area (Å²) in [5, 5.41) is 9.88. The fourth-order valence-corrected chi connectivity index (χ4v) is 1.20. The summed E-state index contributed by atoms with van der Waals surface area (Å²) in [6, 6.07) is 1.55. The second kappa shape index (κ2) is 4.67. The molecule has 1 N–H and O–H groups in total. The van der Waals surface area contributed by atoms with Gasteiger partial charge in [0.05, 0.1) is 6.20 Å². The van der Waals surface area contributed by atoms with Crippen molar-refractivity contribution >= 4 is 23.3 Å². The summed E-state index contributed by atoms with van der Waals surface area (Å²) in [5.74, 6) is 0.0883. The highest BCUT2D eigenvalue weighted by atomic mass is 35.5. The SMILES string of the molecule is O=C(Cn1ccnn1)Nc1ccnc(Cl)n1. The Kier molecular flexibility index (Phi) is 3.06. The maximum Gasteiger partial charge on any atom is 0.247 e. The molecule has 0 radical (unpaired) electrons. The van der Waals surface area contributed by atoms with Crippen LogP contribution in [-0.4, -0.2) is 30.9 Å². The van der Waals surface area contributed by atoms with Gasteiger partial charge in [0.2, 0.25) is 11.2 Å². The molecule has 0 aromatic carbocycles. The van der Waals surface area contributed by atoms with E-state index in [0.717, 1.165) is 0 Å². The molecule has 2 aromatic heterocycles. The number of nitrogens with zero attached hydrogens (tertiary/aromatic N) is 5. The molecule has 8 heteroatoms. The lowest BCUT2D eigenvalue weighted by Gasteiger charge is -2.03. The standard InChI is InChI=1S/C8H7ClN6O/c9-8-10-2-1-6(13-8)12-7(16)5-15-4-3-11-14-15/h1-4H,5H2,(H,10,12,13,16). The summed E-state index contributed by atoms with van der Waals surface area (Å²) in [7, 11) is 0. The van der Waals surface area contributed by atoms with E-state index in [9.17, 15) is 4.79 Å². The Morgan fingerprint density at radius 1 is 1.50 bits per heavy atom. The fraction of sp³-hybridized carbons (Fsp3) is 0.125. The van der Waals surface area contributed by atoms with Gasteiger partial charge in [0.25, 0.3) is 0 Å². The van der Waals surface area contributed by atoms with Crippen LogP contribution in [0.2, 0.25) is 5.28 Å². The zero-order chi connectivity index (χ0) is 11.4. The molecule has 0 unspecified atom stereocenters. The van der Waals surface area contributed by atoms with Gasteiger partial charge in [-0.05, 0) is 17.7 Å². The molecule has 1 amide bonds. The Bertz CT molecular complexity index is 485. The third-order valence-electron chi connectivity index (χ3n) is 1.67. The molecule has 2 heterocycles. The van der Waals surface area contributed by atoms with Crippen LogP contribution in [0.3, 0.4) is 0 Å². The normalized spacial score (nSPS) is 10.1. The van der Waals surface area contributed by atoms with E-state index in [1.165, 1.54) is 17.1 Å². The van der Waals surface area contributed by atoms with Crippen LogP contribution < -0.4 is 5.32 Å². The molecule has 7 nitrogen and oxygen atoms in total. The molecule has 0 aliphatic rings. The first-order valence-electron chi connectivity index (χ1n) is 4.36. The van der Waals surface area contributed by atoms with E-state index in [-0.39, 0.29) is 17.7 Å². The number of carbonyl (C=O) groups is 1. The van der Waals surface area contributed by atoms with Crippen LogP contribution in [0.15, 0.2) is 24.7 Å². The zero-order valence-electron chi connectivity index (χ0n) is 8.04. The highest BCUT2D eigenvalue weighted by Crippen LogP contribution is 2.05. The Hall–Kier alpha value is -2.02. The summed E-state index contributed by atoms with van der Waals surface area (Å²) < 4.78 is 1.40. The van der Waals surface area contributed by atoms with Crippen molar-refractivity contribution in [2.45, 2.75) is 6.54 Å². The maximum atomic E-state index is 11.5. The van der Waals surface area contributed by atoms with Crippen molar-refractivity contribution in [3.8, 4) is 0 Å². The van der Waals surface area contributed by atoms with Crippen LogP contribution in [0.1, 0.15) is 0 Å². The highest BCUT2D eigenvalue weighted by molar-refractivity contribution is 6.28. The fourth-order valence-electron chi connectivity index (χ4n) is 1.05. The molecule has 16 heavy (non-hydrogen) atoms. The summed E-state index contributed by atoms with van der Waals surface area (Å²) in [6.07, 6.45) is 4.54. The van der Waals surface area contributed by atoms with Crippen LogP contribution in [0, 0.1) is 0 Å². The minimum atomic E-state index is -0.264. The maximum absolute atomic E-state index is 11.5. The smallest absolute Gasteiger partial charge is 0.247 e. The Labute approximate surface area is 95.5 Å². The number of carbonyl (C=O) groups excluding carboxylic acids is 1. The van der Waals surface area contributed by atoms with Gasteiger partial charge >= 0.3 is 0 Å². The van der Waals surface area contributed by atoms with Gasteiger partial charge in [-0.15, -0.1) is 5.10 Å². The zero-order valence-corrected chi connectivity index (χ0v) is 8.79. The van der Waals surface area contributed by atoms with Crippen LogP contribution in [0.4, 0.5) is 5.82 Å². The van der Waals surface area contributed by atoms with Gasteiger partial charge in [0.1, 0.15) is 12.4 Å². The molecular weight excluding hydrogens is 232 g/mol. The molecule has 0 saturated heterocycles. The van der Waals surface area contributed by atoms with Crippen molar-refractivity contribution in [3.63, 3.8) is 0 Å². The minimum absolute atomic E-state index is 0.0711. The number of amides is 1. The molecule has 2 rings (SSSR count). The van der Waals surface area contributed by atoms with E-state index < -0.39 is 0 Å². The van der Waals surface area contributed by atoms with Crippen LogP contribution >= 0.6 is 11.6 Å². The molecule has 0 saturated carbocycles.